The van der Waals surface area contributed by atoms with Crippen LogP contribution >= 0.6 is 0 Å². The first-order valence-electron chi connectivity index (χ1n) is 7.12. The Bertz CT molecular complexity index is 871. The van der Waals surface area contributed by atoms with Crippen LogP contribution < -0.4 is 10.3 Å². The molecule has 0 radical (unpaired) electrons. The summed E-state index contributed by atoms with van der Waals surface area (Å²) in [5.74, 6) is 0.467. The summed E-state index contributed by atoms with van der Waals surface area (Å²) in [6.07, 6.45) is 2.60. The number of hydrogen-bond donors (Lipinski definition) is 0. The maximum absolute atomic E-state index is 12.3. The minimum absolute atomic E-state index is 0.154. The molecule has 0 unspecified atom stereocenters. The van der Waals surface area contributed by atoms with Crippen molar-refractivity contribution < 1.29 is 13.2 Å². The molecule has 1 aliphatic heterocycles. The van der Waals surface area contributed by atoms with Gasteiger partial charge in [-0.25, -0.2) is 8.42 Å². The van der Waals surface area contributed by atoms with Gasteiger partial charge in [0.2, 0.25) is 10.0 Å². The van der Waals surface area contributed by atoms with Crippen molar-refractivity contribution >= 4 is 10.0 Å². The van der Waals surface area contributed by atoms with E-state index in [1.807, 2.05) is 6.92 Å². The molecule has 0 saturated carbocycles. The SMILES string of the molecule is Cc1cc(OC2CN(S(=O)(=O)c3cccnc3)C2)cc(=O)n1C. The number of hydrogen-bond acceptors (Lipinski definition) is 5. The quantitative estimate of drug-likeness (QED) is 0.814. The Hall–Kier alpha value is -2.19. The third kappa shape index (κ3) is 2.99. The van der Waals surface area contributed by atoms with Crippen molar-refractivity contribution in [2.24, 2.45) is 7.05 Å². The predicted octanol–water partition coefficient (Wildman–Crippen LogP) is 0.541. The first-order chi connectivity index (χ1) is 10.9. The summed E-state index contributed by atoms with van der Waals surface area (Å²) in [5, 5.41) is 0. The van der Waals surface area contributed by atoms with Crippen LogP contribution in [-0.4, -0.2) is 41.5 Å². The molecule has 7 nitrogen and oxygen atoms in total. The number of rotatable bonds is 4. The summed E-state index contributed by atoms with van der Waals surface area (Å²) >= 11 is 0. The molecule has 3 heterocycles. The maximum Gasteiger partial charge on any atom is 0.254 e. The Labute approximate surface area is 134 Å². The second-order valence-electron chi connectivity index (χ2n) is 5.48. The molecule has 3 rings (SSSR count). The van der Waals surface area contributed by atoms with E-state index >= 15 is 0 Å². The zero-order chi connectivity index (χ0) is 16.6. The van der Waals surface area contributed by atoms with Crippen molar-refractivity contribution in [3.05, 3.63) is 52.7 Å². The lowest BCUT2D eigenvalue weighted by Crippen LogP contribution is -2.56. The molecule has 8 heteroatoms. The van der Waals surface area contributed by atoms with Gasteiger partial charge in [-0.2, -0.15) is 4.31 Å². The van der Waals surface area contributed by atoms with Crippen molar-refractivity contribution in [2.45, 2.75) is 17.9 Å². The van der Waals surface area contributed by atoms with Gasteiger partial charge in [0, 0.05) is 31.2 Å². The summed E-state index contributed by atoms with van der Waals surface area (Å²) in [7, 11) is -1.84. The van der Waals surface area contributed by atoms with E-state index < -0.39 is 10.0 Å². The van der Waals surface area contributed by atoms with Crippen LogP contribution in [0.4, 0.5) is 0 Å². The van der Waals surface area contributed by atoms with E-state index in [1.165, 1.54) is 33.4 Å². The number of ether oxygens (including phenoxy) is 1. The highest BCUT2D eigenvalue weighted by molar-refractivity contribution is 7.89. The summed E-state index contributed by atoms with van der Waals surface area (Å²) in [5.41, 5.74) is 0.630. The normalized spacial score (nSPS) is 16.1. The van der Waals surface area contributed by atoms with Crippen LogP contribution in [0, 0.1) is 6.92 Å². The van der Waals surface area contributed by atoms with Gasteiger partial charge < -0.3 is 9.30 Å². The molecule has 0 spiro atoms. The lowest BCUT2D eigenvalue weighted by molar-refractivity contribution is 0.0759. The summed E-state index contributed by atoms with van der Waals surface area (Å²) in [4.78, 5) is 15.7. The highest BCUT2D eigenvalue weighted by Gasteiger charge is 2.38. The van der Waals surface area contributed by atoms with Gasteiger partial charge in [-0.15, -0.1) is 0 Å². The van der Waals surface area contributed by atoms with E-state index in [4.69, 9.17) is 4.74 Å². The average molecular weight is 335 g/mol. The van der Waals surface area contributed by atoms with Crippen molar-refractivity contribution in [1.82, 2.24) is 13.9 Å². The number of aromatic nitrogens is 2. The molecule has 2 aromatic heterocycles. The zero-order valence-electron chi connectivity index (χ0n) is 12.8. The Morgan fingerprint density at radius 3 is 2.65 bits per heavy atom. The fourth-order valence-electron chi connectivity index (χ4n) is 2.32. The Balaban J connectivity index is 1.67. The van der Waals surface area contributed by atoms with Crippen LogP contribution in [-0.2, 0) is 17.1 Å². The van der Waals surface area contributed by atoms with Crippen molar-refractivity contribution in [3.8, 4) is 5.75 Å². The van der Waals surface area contributed by atoms with Crippen molar-refractivity contribution in [2.75, 3.05) is 13.1 Å². The second-order valence-corrected chi connectivity index (χ2v) is 7.42. The fourth-order valence-corrected chi connectivity index (χ4v) is 3.79. The number of nitrogens with zero attached hydrogens (tertiary/aromatic N) is 3. The zero-order valence-corrected chi connectivity index (χ0v) is 13.7. The first-order valence-corrected chi connectivity index (χ1v) is 8.56. The molecule has 0 atom stereocenters. The van der Waals surface area contributed by atoms with E-state index in [2.05, 4.69) is 4.98 Å². The van der Waals surface area contributed by atoms with Crippen molar-refractivity contribution in [3.63, 3.8) is 0 Å². The fraction of sp³-hybridized carbons (Fsp3) is 0.333. The molecule has 1 fully saturated rings. The Morgan fingerprint density at radius 1 is 1.30 bits per heavy atom. The van der Waals surface area contributed by atoms with Gasteiger partial charge in [0.25, 0.3) is 5.56 Å². The van der Waals surface area contributed by atoms with Crippen LogP contribution in [0.5, 0.6) is 5.75 Å². The topological polar surface area (TPSA) is 81.5 Å². The molecular formula is C15H17N3O4S. The molecule has 23 heavy (non-hydrogen) atoms. The third-order valence-electron chi connectivity index (χ3n) is 3.87. The molecule has 0 aliphatic carbocycles. The minimum Gasteiger partial charge on any atom is -0.487 e. The lowest BCUT2D eigenvalue weighted by Gasteiger charge is -2.37. The largest absolute Gasteiger partial charge is 0.487 e. The standard InChI is InChI=1S/C15H17N3O4S/c1-11-6-12(7-15(19)17(11)2)22-13-9-18(10-13)23(20,21)14-4-3-5-16-8-14/h3-8,13H,9-10H2,1-2H3. The minimum atomic E-state index is -3.53. The average Bonchev–Trinajstić information content (AvgIpc) is 2.48. The Morgan fingerprint density at radius 2 is 2.04 bits per heavy atom. The Kier molecular flexibility index (Phi) is 3.95. The van der Waals surface area contributed by atoms with E-state index in [1.54, 1.807) is 19.2 Å². The van der Waals surface area contributed by atoms with E-state index in [-0.39, 0.29) is 29.6 Å². The highest BCUT2D eigenvalue weighted by Crippen LogP contribution is 2.24. The molecule has 2 aromatic rings. The van der Waals surface area contributed by atoms with Gasteiger partial charge in [-0.3, -0.25) is 9.78 Å². The van der Waals surface area contributed by atoms with E-state index in [0.717, 1.165) is 5.69 Å². The highest BCUT2D eigenvalue weighted by atomic mass is 32.2. The first kappa shape index (κ1) is 15.7. The maximum atomic E-state index is 12.3. The van der Waals surface area contributed by atoms with Gasteiger partial charge in [0.15, 0.2) is 0 Å². The smallest absolute Gasteiger partial charge is 0.254 e. The number of pyridine rings is 2. The molecule has 1 aliphatic rings. The van der Waals surface area contributed by atoms with Crippen molar-refractivity contribution in [1.29, 1.82) is 0 Å². The monoisotopic (exact) mass is 335 g/mol. The van der Waals surface area contributed by atoms with Crippen LogP contribution in [0.2, 0.25) is 0 Å². The number of aryl methyl sites for hydroxylation is 1. The summed E-state index contributed by atoms with van der Waals surface area (Å²) in [6.45, 7) is 2.32. The number of sulfonamides is 1. The molecule has 0 aromatic carbocycles. The van der Waals surface area contributed by atoms with E-state index in [0.29, 0.717) is 5.75 Å². The summed E-state index contributed by atoms with van der Waals surface area (Å²) < 4.78 is 33.2. The van der Waals surface area contributed by atoms with Gasteiger partial charge in [0.1, 0.15) is 16.7 Å². The van der Waals surface area contributed by atoms with Gasteiger partial charge in [-0.05, 0) is 25.1 Å². The lowest BCUT2D eigenvalue weighted by atomic mass is 10.2. The summed E-state index contributed by atoms with van der Waals surface area (Å²) in [6, 6.07) is 6.27. The predicted molar refractivity (Wildman–Crippen MR) is 83.8 cm³/mol. The third-order valence-corrected chi connectivity index (χ3v) is 5.68. The van der Waals surface area contributed by atoms with Crippen LogP contribution in [0.3, 0.4) is 0 Å². The molecule has 0 bridgehead atoms. The molecule has 0 amide bonds. The van der Waals surface area contributed by atoms with Crippen LogP contribution in [0.15, 0.2) is 46.3 Å². The molecule has 1 saturated heterocycles. The van der Waals surface area contributed by atoms with Crippen LogP contribution in [0.25, 0.3) is 0 Å². The second kappa shape index (κ2) is 5.78. The van der Waals surface area contributed by atoms with Crippen LogP contribution in [0.1, 0.15) is 5.69 Å². The van der Waals surface area contributed by atoms with E-state index in [9.17, 15) is 13.2 Å². The molecular weight excluding hydrogens is 318 g/mol. The van der Waals surface area contributed by atoms with Gasteiger partial charge >= 0.3 is 0 Å². The van der Waals surface area contributed by atoms with Gasteiger partial charge in [-0.1, -0.05) is 0 Å². The molecule has 122 valence electrons. The van der Waals surface area contributed by atoms with Gasteiger partial charge in [0.05, 0.1) is 13.1 Å². The molecule has 0 N–H and O–H groups in total.